The van der Waals surface area contributed by atoms with E-state index in [1.54, 1.807) is 37.3 Å². The van der Waals surface area contributed by atoms with Crippen LogP contribution in [0.15, 0.2) is 53.3 Å². The Morgan fingerprint density at radius 1 is 1.11 bits per heavy atom. The number of aryl methyl sites for hydroxylation is 1. The average molecular weight is 383 g/mol. The maximum absolute atomic E-state index is 14.1. The van der Waals surface area contributed by atoms with E-state index in [-0.39, 0.29) is 11.4 Å². The highest BCUT2D eigenvalue weighted by atomic mass is 19.1. The number of ether oxygens (including phenoxy) is 2. The summed E-state index contributed by atoms with van der Waals surface area (Å²) in [5.41, 5.74) is -0.118. The maximum Gasteiger partial charge on any atom is 0.280 e. The molecule has 8 heteroatoms. The predicted octanol–water partition coefficient (Wildman–Crippen LogP) is 2.95. The van der Waals surface area contributed by atoms with Gasteiger partial charge in [0.2, 0.25) is 5.43 Å². The summed E-state index contributed by atoms with van der Waals surface area (Å²) in [6.07, 6.45) is 0. The van der Waals surface area contributed by atoms with Gasteiger partial charge in [-0.3, -0.25) is 9.59 Å². The van der Waals surface area contributed by atoms with Gasteiger partial charge in [0, 0.05) is 17.8 Å². The fraction of sp³-hybridized carbons (Fsp3) is 0.150. The van der Waals surface area contributed by atoms with Crippen LogP contribution in [-0.4, -0.2) is 29.9 Å². The lowest BCUT2D eigenvalue weighted by Gasteiger charge is -2.13. The lowest BCUT2D eigenvalue weighted by molar-refractivity contribution is 0.101. The quantitative estimate of drug-likeness (QED) is 0.733. The van der Waals surface area contributed by atoms with Crippen LogP contribution in [0.25, 0.3) is 5.69 Å². The highest BCUT2D eigenvalue weighted by Gasteiger charge is 2.18. The Labute approximate surface area is 160 Å². The van der Waals surface area contributed by atoms with E-state index in [0.717, 1.165) is 0 Å². The van der Waals surface area contributed by atoms with E-state index in [0.29, 0.717) is 22.9 Å². The van der Waals surface area contributed by atoms with Gasteiger partial charge >= 0.3 is 0 Å². The number of carbonyl (C=O) groups is 1. The molecule has 0 spiro atoms. The van der Waals surface area contributed by atoms with Crippen molar-refractivity contribution in [2.75, 3.05) is 19.5 Å². The molecule has 0 saturated carbocycles. The minimum atomic E-state index is -0.748. The number of methoxy groups -OCH3 is 2. The zero-order valence-electron chi connectivity index (χ0n) is 15.5. The van der Waals surface area contributed by atoms with Crippen LogP contribution >= 0.6 is 0 Å². The Kier molecular flexibility index (Phi) is 5.39. The van der Waals surface area contributed by atoms with Crippen molar-refractivity contribution in [3.05, 3.63) is 76.0 Å². The number of anilines is 1. The summed E-state index contributed by atoms with van der Waals surface area (Å²) in [4.78, 5) is 25.0. The number of halogens is 1. The lowest BCUT2D eigenvalue weighted by atomic mass is 10.2. The van der Waals surface area contributed by atoms with Crippen LogP contribution < -0.4 is 20.2 Å². The van der Waals surface area contributed by atoms with E-state index in [4.69, 9.17) is 9.47 Å². The third-order valence-electron chi connectivity index (χ3n) is 4.06. The van der Waals surface area contributed by atoms with Crippen LogP contribution in [0.2, 0.25) is 0 Å². The number of nitrogens with zero attached hydrogens (tertiary/aromatic N) is 2. The van der Waals surface area contributed by atoms with Gasteiger partial charge in [-0.1, -0.05) is 12.1 Å². The number of para-hydroxylation sites is 1. The van der Waals surface area contributed by atoms with E-state index in [1.165, 1.54) is 37.1 Å². The summed E-state index contributed by atoms with van der Waals surface area (Å²) in [7, 11) is 2.94. The standard InChI is InChI=1S/C20H18FN3O4/c1-12-10-17(25)19(23-24(12)16-7-5-4-6-14(16)21)20(26)22-15-11-13(27-2)8-9-18(15)28-3/h4-11H,1-3H3,(H,22,26). The molecule has 0 bridgehead atoms. The second-order valence-corrected chi connectivity index (χ2v) is 5.88. The lowest BCUT2D eigenvalue weighted by Crippen LogP contribution is -2.27. The van der Waals surface area contributed by atoms with E-state index in [9.17, 15) is 14.0 Å². The number of rotatable bonds is 5. The van der Waals surface area contributed by atoms with Crippen LogP contribution in [0, 0.1) is 12.7 Å². The van der Waals surface area contributed by atoms with Crippen molar-refractivity contribution in [3.8, 4) is 17.2 Å². The molecule has 144 valence electrons. The van der Waals surface area contributed by atoms with Crippen molar-refractivity contribution < 1.29 is 18.7 Å². The highest BCUT2D eigenvalue weighted by molar-refractivity contribution is 6.03. The molecular formula is C20H18FN3O4. The number of nitrogens with one attached hydrogen (secondary N) is 1. The topological polar surface area (TPSA) is 82.4 Å². The van der Waals surface area contributed by atoms with Crippen molar-refractivity contribution in [1.82, 2.24) is 9.78 Å². The molecule has 0 aliphatic heterocycles. The average Bonchev–Trinajstić information content (AvgIpc) is 2.68. The molecule has 0 atom stereocenters. The number of aromatic nitrogens is 2. The molecule has 0 unspecified atom stereocenters. The van der Waals surface area contributed by atoms with Crippen molar-refractivity contribution in [2.24, 2.45) is 0 Å². The molecule has 2 aromatic carbocycles. The molecular weight excluding hydrogens is 365 g/mol. The number of carbonyl (C=O) groups excluding carboxylic acids is 1. The van der Waals surface area contributed by atoms with Crippen LogP contribution in [0.4, 0.5) is 10.1 Å². The second-order valence-electron chi connectivity index (χ2n) is 5.88. The minimum absolute atomic E-state index is 0.132. The molecule has 0 aliphatic rings. The fourth-order valence-electron chi connectivity index (χ4n) is 2.67. The predicted molar refractivity (Wildman–Crippen MR) is 102 cm³/mol. The van der Waals surface area contributed by atoms with Gasteiger partial charge in [-0.05, 0) is 31.2 Å². The summed E-state index contributed by atoms with van der Waals surface area (Å²) in [5, 5.41) is 6.67. The zero-order valence-corrected chi connectivity index (χ0v) is 15.5. The van der Waals surface area contributed by atoms with Crippen molar-refractivity contribution in [3.63, 3.8) is 0 Å². The van der Waals surface area contributed by atoms with Crippen molar-refractivity contribution in [1.29, 1.82) is 0 Å². The number of hydrogen-bond acceptors (Lipinski definition) is 5. The maximum atomic E-state index is 14.1. The van der Waals surface area contributed by atoms with Gasteiger partial charge in [-0.25, -0.2) is 9.07 Å². The first-order valence-corrected chi connectivity index (χ1v) is 8.34. The third kappa shape index (κ3) is 3.71. The first-order chi connectivity index (χ1) is 13.4. The molecule has 3 rings (SSSR count). The van der Waals surface area contributed by atoms with Crippen molar-refractivity contribution in [2.45, 2.75) is 6.92 Å². The molecule has 28 heavy (non-hydrogen) atoms. The number of benzene rings is 2. The monoisotopic (exact) mass is 383 g/mol. The first-order valence-electron chi connectivity index (χ1n) is 8.34. The van der Waals surface area contributed by atoms with Crippen molar-refractivity contribution >= 4 is 11.6 Å². The Morgan fingerprint density at radius 3 is 2.54 bits per heavy atom. The zero-order chi connectivity index (χ0) is 20.3. The molecule has 1 amide bonds. The molecule has 7 nitrogen and oxygen atoms in total. The van der Waals surface area contributed by atoms with E-state index in [2.05, 4.69) is 10.4 Å². The van der Waals surface area contributed by atoms with Gasteiger partial charge in [0.05, 0.1) is 19.9 Å². The van der Waals surface area contributed by atoms with Gasteiger partial charge in [0.25, 0.3) is 5.91 Å². The number of hydrogen-bond donors (Lipinski definition) is 1. The molecule has 0 fully saturated rings. The van der Waals surface area contributed by atoms with E-state index in [1.807, 2.05) is 0 Å². The smallest absolute Gasteiger partial charge is 0.280 e. The van der Waals surface area contributed by atoms with Gasteiger partial charge in [0.1, 0.15) is 23.0 Å². The van der Waals surface area contributed by atoms with Gasteiger partial charge in [0.15, 0.2) is 5.69 Å². The van der Waals surface area contributed by atoms with E-state index >= 15 is 0 Å². The molecule has 1 heterocycles. The number of amides is 1. The largest absolute Gasteiger partial charge is 0.497 e. The van der Waals surface area contributed by atoms with E-state index < -0.39 is 17.2 Å². The second kappa shape index (κ2) is 7.91. The normalized spacial score (nSPS) is 10.4. The van der Waals surface area contributed by atoms with Crippen LogP contribution in [0.5, 0.6) is 11.5 Å². The van der Waals surface area contributed by atoms with Crippen LogP contribution in [-0.2, 0) is 0 Å². The Morgan fingerprint density at radius 2 is 1.86 bits per heavy atom. The van der Waals surface area contributed by atoms with Crippen LogP contribution in [0.1, 0.15) is 16.2 Å². The first kappa shape index (κ1) is 19.1. The summed E-state index contributed by atoms with van der Waals surface area (Å²) in [6, 6.07) is 12.0. The molecule has 1 aromatic heterocycles. The fourth-order valence-corrected chi connectivity index (χ4v) is 2.67. The SMILES string of the molecule is COc1ccc(OC)c(NC(=O)c2nn(-c3ccccc3F)c(C)cc2=O)c1. The molecule has 0 aliphatic carbocycles. The molecule has 1 N–H and O–H groups in total. The third-order valence-corrected chi connectivity index (χ3v) is 4.06. The molecule has 3 aromatic rings. The Balaban J connectivity index is 2.03. The van der Waals surface area contributed by atoms with Crippen LogP contribution in [0.3, 0.4) is 0 Å². The van der Waals surface area contributed by atoms with Gasteiger partial charge < -0.3 is 14.8 Å². The summed E-state index contributed by atoms with van der Waals surface area (Å²) >= 11 is 0. The summed E-state index contributed by atoms with van der Waals surface area (Å²) in [6.45, 7) is 1.60. The summed E-state index contributed by atoms with van der Waals surface area (Å²) in [5.74, 6) is -0.392. The molecule has 0 saturated heterocycles. The highest BCUT2D eigenvalue weighted by Crippen LogP contribution is 2.29. The molecule has 0 radical (unpaired) electrons. The van der Waals surface area contributed by atoms with Gasteiger partial charge in [-0.15, -0.1) is 0 Å². The Hall–Kier alpha value is -3.68. The Bertz CT molecular complexity index is 1100. The summed E-state index contributed by atoms with van der Waals surface area (Å²) < 4.78 is 25.7. The van der Waals surface area contributed by atoms with Gasteiger partial charge in [-0.2, -0.15) is 5.10 Å². The minimum Gasteiger partial charge on any atom is -0.497 e.